The highest BCUT2D eigenvalue weighted by molar-refractivity contribution is 5.21. The first-order chi connectivity index (χ1) is 13.8. The van der Waals surface area contributed by atoms with Gasteiger partial charge in [-0.1, -0.05) is 91.0 Å². The third-order valence-electron chi connectivity index (χ3n) is 5.42. The molecule has 3 aromatic carbocycles. The van der Waals surface area contributed by atoms with Crippen LogP contribution in [0.25, 0.3) is 0 Å². The van der Waals surface area contributed by atoms with Crippen molar-refractivity contribution >= 4 is 0 Å². The van der Waals surface area contributed by atoms with Crippen LogP contribution in [0.4, 0.5) is 0 Å². The van der Waals surface area contributed by atoms with Crippen LogP contribution in [-0.2, 0) is 17.8 Å². The Hall–Kier alpha value is -2.46. The second-order valence-corrected chi connectivity index (χ2v) is 7.54. The van der Waals surface area contributed by atoms with Crippen molar-refractivity contribution < 1.29 is 9.84 Å². The Bertz CT molecular complexity index is 797. The fraction of sp³-hybridized carbons (Fsp3) is 0.280. The lowest BCUT2D eigenvalue weighted by molar-refractivity contribution is -0.165. The topological polar surface area (TPSA) is 32.7 Å². The molecule has 3 atom stereocenters. The van der Waals surface area contributed by atoms with Crippen molar-refractivity contribution in [2.24, 2.45) is 5.92 Å². The molecule has 3 nitrogen and oxygen atoms in total. The largest absolute Gasteiger partial charge is 0.391 e. The molecule has 0 aliphatic carbocycles. The Kier molecular flexibility index (Phi) is 6.17. The molecule has 3 heteroatoms. The monoisotopic (exact) mass is 373 g/mol. The molecular formula is C25H27NO2. The van der Waals surface area contributed by atoms with E-state index >= 15 is 0 Å². The lowest BCUT2D eigenvalue weighted by Gasteiger charge is -2.41. The molecule has 0 spiro atoms. The van der Waals surface area contributed by atoms with Crippen LogP contribution in [0.1, 0.15) is 22.8 Å². The predicted molar refractivity (Wildman–Crippen MR) is 112 cm³/mol. The van der Waals surface area contributed by atoms with Gasteiger partial charge in [0.05, 0.1) is 18.8 Å². The first-order valence-corrected chi connectivity index (χ1v) is 9.94. The maximum absolute atomic E-state index is 11.0. The van der Waals surface area contributed by atoms with Gasteiger partial charge in [0, 0.05) is 25.6 Å². The van der Waals surface area contributed by atoms with Crippen LogP contribution in [0.15, 0.2) is 91.0 Å². The van der Waals surface area contributed by atoms with Gasteiger partial charge in [0.1, 0.15) is 0 Å². The highest BCUT2D eigenvalue weighted by Gasteiger charge is 2.39. The van der Waals surface area contributed by atoms with E-state index in [2.05, 4.69) is 65.6 Å². The zero-order valence-corrected chi connectivity index (χ0v) is 16.0. The number of aliphatic hydroxyl groups excluding tert-OH is 1. The van der Waals surface area contributed by atoms with Crippen LogP contribution < -0.4 is 0 Å². The smallest absolute Gasteiger partial charge is 0.0900 e. The third kappa shape index (κ3) is 4.68. The number of hydrogen-bond acceptors (Lipinski definition) is 3. The number of benzene rings is 3. The number of rotatable bonds is 8. The van der Waals surface area contributed by atoms with Crippen LogP contribution in [0.2, 0.25) is 0 Å². The van der Waals surface area contributed by atoms with Gasteiger partial charge in [0.2, 0.25) is 0 Å². The van der Waals surface area contributed by atoms with Gasteiger partial charge in [0.15, 0.2) is 0 Å². The van der Waals surface area contributed by atoms with Gasteiger partial charge in [-0.2, -0.15) is 0 Å². The van der Waals surface area contributed by atoms with Gasteiger partial charge in [-0.05, 0) is 16.7 Å². The maximum atomic E-state index is 11.0. The van der Waals surface area contributed by atoms with Crippen molar-refractivity contribution in [3.8, 4) is 0 Å². The SMILES string of the molecule is OC(CN(Cc1ccccc1)Cc1ccccc1)[C@@H]1CO[C@H]1c1ccccc1. The molecule has 144 valence electrons. The van der Waals surface area contributed by atoms with Crippen molar-refractivity contribution in [1.29, 1.82) is 0 Å². The molecule has 28 heavy (non-hydrogen) atoms. The first-order valence-electron chi connectivity index (χ1n) is 9.94. The van der Waals surface area contributed by atoms with E-state index in [1.165, 1.54) is 11.1 Å². The van der Waals surface area contributed by atoms with Crippen molar-refractivity contribution in [1.82, 2.24) is 4.90 Å². The molecule has 1 aliphatic heterocycles. The standard InChI is InChI=1S/C25H27NO2/c27-24(23-19-28-25(23)22-14-8-3-9-15-22)18-26(16-20-10-4-1-5-11-20)17-21-12-6-2-7-13-21/h1-15,23-25,27H,16-19H2/t23-,24?,25-/m0/s1. The summed E-state index contributed by atoms with van der Waals surface area (Å²) in [5.74, 6) is 0.136. The normalized spacial score (nSPS) is 19.9. The molecule has 0 bridgehead atoms. The summed E-state index contributed by atoms with van der Waals surface area (Å²) in [6.07, 6.45) is -0.433. The fourth-order valence-electron chi connectivity index (χ4n) is 3.87. The van der Waals surface area contributed by atoms with E-state index in [0.29, 0.717) is 13.2 Å². The Morgan fingerprint density at radius 2 is 1.29 bits per heavy atom. The number of nitrogens with zero attached hydrogens (tertiary/aromatic N) is 1. The molecule has 1 saturated heterocycles. The highest BCUT2D eigenvalue weighted by atomic mass is 16.5. The van der Waals surface area contributed by atoms with Gasteiger partial charge in [-0.3, -0.25) is 4.90 Å². The average Bonchev–Trinajstić information content (AvgIpc) is 2.69. The summed E-state index contributed by atoms with van der Waals surface area (Å²) in [5, 5.41) is 11.0. The molecule has 1 heterocycles. The van der Waals surface area contributed by atoms with Crippen LogP contribution in [0, 0.1) is 5.92 Å². The van der Waals surface area contributed by atoms with E-state index < -0.39 is 6.10 Å². The Morgan fingerprint density at radius 3 is 1.75 bits per heavy atom. The van der Waals surface area contributed by atoms with Crippen molar-refractivity contribution in [3.63, 3.8) is 0 Å². The molecule has 0 amide bonds. The first kappa shape index (κ1) is 18.9. The second kappa shape index (κ2) is 9.16. The fourth-order valence-corrected chi connectivity index (χ4v) is 3.87. The predicted octanol–water partition coefficient (Wildman–Crippen LogP) is 4.44. The molecule has 3 aromatic rings. The van der Waals surface area contributed by atoms with Crippen LogP contribution >= 0.6 is 0 Å². The summed E-state index contributed by atoms with van der Waals surface area (Å²) in [6.45, 7) is 2.87. The van der Waals surface area contributed by atoms with Crippen LogP contribution in [0.3, 0.4) is 0 Å². The molecule has 1 aliphatic rings. The summed E-state index contributed by atoms with van der Waals surface area (Å²) < 4.78 is 5.79. The van der Waals surface area contributed by atoms with Crippen molar-refractivity contribution in [2.75, 3.05) is 13.2 Å². The number of hydrogen-bond donors (Lipinski definition) is 1. The van der Waals surface area contributed by atoms with Crippen LogP contribution in [0.5, 0.6) is 0 Å². The van der Waals surface area contributed by atoms with Gasteiger partial charge >= 0.3 is 0 Å². The zero-order chi connectivity index (χ0) is 19.2. The molecule has 4 rings (SSSR count). The molecule has 0 saturated carbocycles. The lowest BCUT2D eigenvalue weighted by Crippen LogP contribution is -2.46. The van der Waals surface area contributed by atoms with E-state index in [-0.39, 0.29) is 12.0 Å². The Labute approximate surface area is 167 Å². The molecule has 0 aromatic heterocycles. The van der Waals surface area contributed by atoms with Gasteiger partial charge < -0.3 is 9.84 Å². The quantitative estimate of drug-likeness (QED) is 0.634. The average molecular weight is 373 g/mol. The second-order valence-electron chi connectivity index (χ2n) is 7.54. The number of aliphatic hydroxyl groups is 1. The van der Waals surface area contributed by atoms with Crippen molar-refractivity contribution in [3.05, 3.63) is 108 Å². The van der Waals surface area contributed by atoms with Crippen LogP contribution in [-0.4, -0.2) is 29.3 Å². The summed E-state index contributed by atoms with van der Waals surface area (Å²) in [4.78, 5) is 2.33. The van der Waals surface area contributed by atoms with E-state index in [9.17, 15) is 5.11 Å². The summed E-state index contributed by atoms with van der Waals surface area (Å²) in [6, 6.07) is 31.1. The van der Waals surface area contributed by atoms with Gasteiger partial charge in [-0.15, -0.1) is 0 Å². The summed E-state index contributed by atoms with van der Waals surface area (Å²) in [7, 11) is 0. The van der Waals surface area contributed by atoms with Gasteiger partial charge in [-0.25, -0.2) is 0 Å². The molecule has 1 fully saturated rings. The highest BCUT2D eigenvalue weighted by Crippen LogP contribution is 2.37. The summed E-state index contributed by atoms with van der Waals surface area (Å²) in [5.41, 5.74) is 3.67. The Morgan fingerprint density at radius 1 is 0.786 bits per heavy atom. The molecule has 1 unspecified atom stereocenters. The lowest BCUT2D eigenvalue weighted by atomic mass is 9.86. The molecule has 0 radical (unpaired) electrons. The maximum Gasteiger partial charge on any atom is 0.0900 e. The van der Waals surface area contributed by atoms with Crippen molar-refractivity contribution in [2.45, 2.75) is 25.3 Å². The molecule has 1 N–H and O–H groups in total. The minimum absolute atomic E-state index is 0.00787. The Balaban J connectivity index is 1.45. The molecular weight excluding hydrogens is 346 g/mol. The third-order valence-corrected chi connectivity index (χ3v) is 5.42. The zero-order valence-electron chi connectivity index (χ0n) is 16.0. The number of ether oxygens (including phenoxy) is 1. The van der Waals surface area contributed by atoms with E-state index in [0.717, 1.165) is 18.7 Å². The van der Waals surface area contributed by atoms with E-state index in [4.69, 9.17) is 4.74 Å². The van der Waals surface area contributed by atoms with E-state index in [1.807, 2.05) is 30.3 Å². The minimum Gasteiger partial charge on any atom is -0.391 e. The van der Waals surface area contributed by atoms with E-state index in [1.54, 1.807) is 0 Å². The van der Waals surface area contributed by atoms with Gasteiger partial charge in [0.25, 0.3) is 0 Å². The minimum atomic E-state index is -0.425. The summed E-state index contributed by atoms with van der Waals surface area (Å²) >= 11 is 0.